The third-order valence-electron chi connectivity index (χ3n) is 1.28. The molecule has 0 radical (unpaired) electrons. The number of nitrogens with two attached hydrogens (primary N) is 1. The summed E-state index contributed by atoms with van der Waals surface area (Å²) in [7, 11) is 0. The van der Waals surface area contributed by atoms with Crippen LogP contribution >= 0.6 is 12.4 Å². The predicted molar refractivity (Wildman–Crippen MR) is 46.7 cm³/mol. The fraction of sp³-hybridized carbons (Fsp3) is 0.429. The molecule has 0 amide bonds. The number of halogens is 3. The fourth-order valence-corrected chi connectivity index (χ4v) is 0.785. The average molecular weight is 212 g/mol. The summed E-state index contributed by atoms with van der Waals surface area (Å²) < 4.78 is 40.1. The van der Waals surface area contributed by atoms with Gasteiger partial charge in [-0.15, -0.1) is 12.4 Å². The molecule has 0 atom stereocenters. The molecule has 74 valence electrons. The lowest BCUT2D eigenvalue weighted by Gasteiger charge is -2.11. The van der Waals surface area contributed by atoms with Crippen LogP contribution in [-0.2, 0) is 12.4 Å². The van der Waals surface area contributed by atoms with Crippen molar-refractivity contribution < 1.29 is 11.5 Å². The molecule has 3 nitrogen and oxygen atoms in total. The molecule has 2 N–H and O–H groups in total. The van der Waals surface area contributed by atoms with Crippen molar-refractivity contribution in [2.75, 3.05) is 0 Å². The monoisotopic (exact) mass is 211 g/mol. The highest BCUT2D eigenvalue weighted by molar-refractivity contribution is 5.85. The average Bonchev–Trinajstić information content (AvgIpc) is 2.01. The molecule has 0 fully saturated rings. The molecule has 1 aromatic heterocycles. The zero-order valence-electron chi connectivity index (χ0n) is 8.79. The molecule has 0 saturated heterocycles. The van der Waals surface area contributed by atoms with Crippen LogP contribution in [0.25, 0.3) is 0 Å². The van der Waals surface area contributed by atoms with Gasteiger partial charge in [0.05, 0.1) is 0 Å². The lowest BCUT2D eigenvalue weighted by atomic mass is 10.1. The Hall–Kier alpha value is -0.810. The highest BCUT2D eigenvalue weighted by atomic mass is 35.5. The Labute approximate surface area is 83.6 Å². The first-order valence-electron chi connectivity index (χ1n) is 4.20. The standard InChI is InChI=1S/C7H9F2N3.ClH/c1-7(8,9)6-5(2-10)3-11-4-12-6;/h3-4H,2,10H2,1H3;1H/i2D2;. The third-order valence-corrected chi connectivity index (χ3v) is 1.28. The van der Waals surface area contributed by atoms with Crippen LogP contribution in [0.3, 0.4) is 0 Å². The molecule has 13 heavy (non-hydrogen) atoms. The van der Waals surface area contributed by atoms with E-state index in [4.69, 9.17) is 8.48 Å². The topological polar surface area (TPSA) is 51.8 Å². The third kappa shape index (κ3) is 2.86. The normalized spacial score (nSPS) is 14.2. The van der Waals surface area contributed by atoms with Crippen LogP contribution in [0.1, 0.15) is 20.9 Å². The van der Waals surface area contributed by atoms with Gasteiger partial charge in [0.2, 0.25) is 0 Å². The molecule has 1 heterocycles. The van der Waals surface area contributed by atoms with Gasteiger partial charge in [0.15, 0.2) is 0 Å². The quantitative estimate of drug-likeness (QED) is 0.806. The summed E-state index contributed by atoms with van der Waals surface area (Å²) in [6, 6.07) is 0. The smallest absolute Gasteiger partial charge is 0.287 e. The van der Waals surface area contributed by atoms with Gasteiger partial charge < -0.3 is 5.73 Å². The van der Waals surface area contributed by atoms with E-state index in [0.717, 1.165) is 12.5 Å². The molecule has 1 rings (SSSR count). The van der Waals surface area contributed by atoms with E-state index in [1.54, 1.807) is 0 Å². The van der Waals surface area contributed by atoms with Crippen LogP contribution in [0.4, 0.5) is 8.78 Å². The summed E-state index contributed by atoms with van der Waals surface area (Å²) in [6.07, 6.45) is 1.89. The van der Waals surface area contributed by atoms with Crippen LogP contribution in [0.2, 0.25) is 0 Å². The van der Waals surface area contributed by atoms with Crippen LogP contribution in [0, 0.1) is 0 Å². The van der Waals surface area contributed by atoms with Gasteiger partial charge in [0.1, 0.15) is 12.0 Å². The molecular weight excluding hydrogens is 200 g/mol. The zero-order valence-corrected chi connectivity index (χ0v) is 7.61. The second-order valence-electron chi connectivity index (χ2n) is 2.32. The number of hydrogen-bond acceptors (Lipinski definition) is 3. The molecule has 0 saturated carbocycles. The number of aromatic nitrogens is 2. The second kappa shape index (κ2) is 4.43. The summed E-state index contributed by atoms with van der Waals surface area (Å²) in [4.78, 5) is 6.80. The summed E-state index contributed by atoms with van der Waals surface area (Å²) >= 11 is 0. The maximum absolute atomic E-state index is 12.9. The van der Waals surface area contributed by atoms with Crippen molar-refractivity contribution in [3.63, 3.8) is 0 Å². The molecule has 0 spiro atoms. The van der Waals surface area contributed by atoms with Gasteiger partial charge in [-0.3, -0.25) is 0 Å². The van der Waals surface area contributed by atoms with E-state index in [1.807, 2.05) is 0 Å². The minimum Gasteiger partial charge on any atom is -0.326 e. The highest BCUT2D eigenvalue weighted by Crippen LogP contribution is 2.26. The Morgan fingerprint density at radius 2 is 2.31 bits per heavy atom. The van der Waals surface area contributed by atoms with Gasteiger partial charge in [-0.25, -0.2) is 9.97 Å². The molecular formula is C7H10ClF2N3. The predicted octanol–water partition coefficient (Wildman–Crippen LogP) is 1.47. The van der Waals surface area contributed by atoms with Crippen LogP contribution in [0.15, 0.2) is 12.5 Å². The number of nitrogens with zero attached hydrogens (tertiary/aromatic N) is 2. The minimum absolute atomic E-state index is 0. The van der Waals surface area contributed by atoms with Gasteiger partial charge in [0, 0.05) is 27.9 Å². The van der Waals surface area contributed by atoms with E-state index in [2.05, 4.69) is 9.97 Å². The van der Waals surface area contributed by atoms with E-state index in [9.17, 15) is 8.78 Å². The Balaban J connectivity index is 0.00000196. The van der Waals surface area contributed by atoms with Crippen molar-refractivity contribution in [3.05, 3.63) is 23.8 Å². The Bertz CT molecular complexity index is 305. The molecule has 0 aliphatic rings. The van der Waals surface area contributed by atoms with E-state index < -0.39 is 23.7 Å². The van der Waals surface area contributed by atoms with Crippen molar-refractivity contribution in [1.82, 2.24) is 9.97 Å². The molecule has 0 bridgehead atoms. The first-order valence-corrected chi connectivity index (χ1v) is 3.20. The Morgan fingerprint density at radius 3 is 2.69 bits per heavy atom. The van der Waals surface area contributed by atoms with Crippen LogP contribution < -0.4 is 5.73 Å². The summed E-state index contributed by atoms with van der Waals surface area (Å²) in [5.74, 6) is -3.23. The zero-order chi connectivity index (χ0) is 11.0. The van der Waals surface area contributed by atoms with E-state index in [1.165, 1.54) is 0 Å². The van der Waals surface area contributed by atoms with Crippen molar-refractivity contribution in [3.8, 4) is 0 Å². The van der Waals surface area contributed by atoms with Gasteiger partial charge in [-0.2, -0.15) is 8.78 Å². The Morgan fingerprint density at radius 1 is 1.69 bits per heavy atom. The van der Waals surface area contributed by atoms with E-state index >= 15 is 0 Å². The van der Waals surface area contributed by atoms with Crippen LogP contribution in [-0.4, -0.2) is 9.97 Å². The highest BCUT2D eigenvalue weighted by Gasteiger charge is 2.28. The van der Waals surface area contributed by atoms with Crippen molar-refractivity contribution in [2.24, 2.45) is 5.73 Å². The van der Waals surface area contributed by atoms with E-state index in [0.29, 0.717) is 6.92 Å². The number of rotatable bonds is 2. The summed E-state index contributed by atoms with van der Waals surface area (Å²) in [5, 5.41) is 0. The molecule has 6 heteroatoms. The van der Waals surface area contributed by atoms with E-state index in [-0.39, 0.29) is 12.4 Å². The second-order valence-corrected chi connectivity index (χ2v) is 2.32. The molecule has 0 unspecified atom stereocenters. The number of alkyl halides is 2. The van der Waals surface area contributed by atoms with Crippen molar-refractivity contribution in [1.29, 1.82) is 0 Å². The first-order chi connectivity index (χ1) is 6.23. The van der Waals surface area contributed by atoms with Gasteiger partial charge in [-0.1, -0.05) is 0 Å². The van der Waals surface area contributed by atoms with Gasteiger partial charge in [0.25, 0.3) is 5.92 Å². The fourth-order valence-electron chi connectivity index (χ4n) is 0.785. The summed E-state index contributed by atoms with van der Waals surface area (Å²) in [6.45, 7) is -1.74. The van der Waals surface area contributed by atoms with Crippen LogP contribution in [0.5, 0.6) is 0 Å². The lowest BCUT2D eigenvalue weighted by molar-refractivity contribution is 0.0116. The van der Waals surface area contributed by atoms with Gasteiger partial charge in [-0.05, 0) is 0 Å². The summed E-state index contributed by atoms with van der Waals surface area (Å²) in [5.41, 5.74) is 4.00. The SMILES string of the molecule is Cl.[2H]C([2H])(N)c1cncnc1C(C)(F)F. The molecule has 1 aromatic rings. The molecule has 0 aliphatic carbocycles. The maximum Gasteiger partial charge on any atom is 0.287 e. The largest absolute Gasteiger partial charge is 0.326 e. The minimum atomic E-state index is -3.23. The van der Waals surface area contributed by atoms with Crippen molar-refractivity contribution >= 4 is 12.4 Å². The maximum atomic E-state index is 12.9. The number of hydrogen-bond donors (Lipinski definition) is 1. The van der Waals surface area contributed by atoms with Gasteiger partial charge >= 0.3 is 0 Å². The molecule has 0 aliphatic heterocycles. The molecule has 0 aromatic carbocycles. The lowest BCUT2D eigenvalue weighted by Crippen LogP contribution is -2.15. The Kier molecular flexibility index (Phi) is 2.99. The first kappa shape index (κ1) is 8.77. The van der Waals surface area contributed by atoms with Crippen molar-refractivity contribution in [2.45, 2.75) is 19.3 Å².